The first kappa shape index (κ1) is 14.4. The highest BCUT2D eigenvalue weighted by Gasteiger charge is 2.30. The van der Waals surface area contributed by atoms with E-state index in [-0.39, 0.29) is 19.1 Å². The molecule has 1 saturated heterocycles. The average Bonchev–Trinajstić information content (AvgIpc) is 2.95. The summed E-state index contributed by atoms with van der Waals surface area (Å²) < 4.78 is 5.44. The predicted molar refractivity (Wildman–Crippen MR) is 73.6 cm³/mol. The Morgan fingerprint density at radius 3 is 2.60 bits per heavy atom. The molecule has 0 aromatic heterocycles. The van der Waals surface area contributed by atoms with Crippen molar-refractivity contribution in [3.8, 4) is 5.75 Å². The zero-order chi connectivity index (χ0) is 14.5. The molecule has 5 nitrogen and oxygen atoms in total. The van der Waals surface area contributed by atoms with Gasteiger partial charge in [-0.3, -0.25) is 9.59 Å². The van der Waals surface area contributed by atoms with Gasteiger partial charge in [0.05, 0.1) is 5.92 Å². The van der Waals surface area contributed by atoms with Crippen molar-refractivity contribution in [1.29, 1.82) is 0 Å². The van der Waals surface area contributed by atoms with E-state index in [9.17, 15) is 9.59 Å². The topological polar surface area (TPSA) is 66.8 Å². The van der Waals surface area contributed by atoms with Crippen molar-refractivity contribution in [1.82, 2.24) is 4.90 Å². The van der Waals surface area contributed by atoms with Crippen molar-refractivity contribution in [2.24, 2.45) is 5.92 Å². The van der Waals surface area contributed by atoms with Crippen LogP contribution in [-0.2, 0) is 16.0 Å². The monoisotopic (exact) mass is 277 g/mol. The van der Waals surface area contributed by atoms with Crippen LogP contribution in [0.5, 0.6) is 5.75 Å². The van der Waals surface area contributed by atoms with Gasteiger partial charge in [-0.1, -0.05) is 19.1 Å². The molecule has 1 aliphatic rings. The summed E-state index contributed by atoms with van der Waals surface area (Å²) in [6.07, 6.45) is 1.48. The molecule has 0 spiro atoms. The third-order valence-corrected chi connectivity index (χ3v) is 3.58. The summed E-state index contributed by atoms with van der Waals surface area (Å²) in [5.41, 5.74) is 1.22. The maximum absolute atomic E-state index is 11.9. The summed E-state index contributed by atoms with van der Waals surface area (Å²) in [6, 6.07) is 7.62. The number of aryl methyl sites for hydroxylation is 1. The number of carbonyl (C=O) groups is 2. The van der Waals surface area contributed by atoms with Gasteiger partial charge in [-0.05, 0) is 30.5 Å². The Balaban J connectivity index is 1.81. The lowest BCUT2D eigenvalue weighted by Gasteiger charge is -2.16. The van der Waals surface area contributed by atoms with E-state index >= 15 is 0 Å². The summed E-state index contributed by atoms with van der Waals surface area (Å²) in [5.74, 6) is -0.781. The molecule has 5 heteroatoms. The maximum Gasteiger partial charge on any atom is 0.308 e. The lowest BCUT2D eigenvalue weighted by atomic mass is 10.1. The van der Waals surface area contributed by atoms with Gasteiger partial charge in [0.1, 0.15) is 5.75 Å². The van der Waals surface area contributed by atoms with Crippen molar-refractivity contribution in [3.63, 3.8) is 0 Å². The number of amides is 1. The third-order valence-electron chi connectivity index (χ3n) is 3.58. The van der Waals surface area contributed by atoms with Gasteiger partial charge in [-0.15, -0.1) is 0 Å². The summed E-state index contributed by atoms with van der Waals surface area (Å²) in [7, 11) is 0. The predicted octanol–water partition coefficient (Wildman–Crippen LogP) is 1.56. The van der Waals surface area contributed by atoms with Gasteiger partial charge < -0.3 is 14.7 Å². The second-order valence-corrected chi connectivity index (χ2v) is 4.95. The number of carbonyl (C=O) groups excluding carboxylic acids is 1. The second-order valence-electron chi connectivity index (χ2n) is 4.95. The summed E-state index contributed by atoms with van der Waals surface area (Å²) in [4.78, 5) is 24.3. The van der Waals surface area contributed by atoms with Crippen LogP contribution in [0.15, 0.2) is 24.3 Å². The first-order chi connectivity index (χ1) is 9.60. The summed E-state index contributed by atoms with van der Waals surface area (Å²) >= 11 is 0. The van der Waals surface area contributed by atoms with E-state index in [0.717, 1.165) is 6.42 Å². The van der Waals surface area contributed by atoms with Gasteiger partial charge >= 0.3 is 5.97 Å². The number of rotatable bonds is 5. The first-order valence-corrected chi connectivity index (χ1v) is 6.82. The van der Waals surface area contributed by atoms with Crippen LogP contribution in [0.25, 0.3) is 0 Å². The molecule has 1 N–H and O–H groups in total. The zero-order valence-corrected chi connectivity index (χ0v) is 11.5. The Kier molecular flexibility index (Phi) is 4.61. The minimum absolute atomic E-state index is 0.0438. The van der Waals surface area contributed by atoms with Crippen LogP contribution in [0.4, 0.5) is 0 Å². The van der Waals surface area contributed by atoms with Crippen molar-refractivity contribution in [3.05, 3.63) is 29.8 Å². The largest absolute Gasteiger partial charge is 0.484 e. The fourth-order valence-corrected chi connectivity index (χ4v) is 2.25. The van der Waals surface area contributed by atoms with Crippen LogP contribution in [0.2, 0.25) is 0 Å². The standard InChI is InChI=1S/C15H19NO4/c1-2-11-3-5-13(6-4-11)20-10-14(17)16-8-7-12(9-16)15(18)19/h3-6,12H,2,7-10H2,1H3,(H,18,19). The van der Waals surface area contributed by atoms with Crippen LogP contribution >= 0.6 is 0 Å². The number of hydrogen-bond donors (Lipinski definition) is 1. The Labute approximate surface area is 118 Å². The van der Waals surface area contributed by atoms with E-state index in [1.54, 1.807) is 4.90 Å². The molecule has 2 rings (SSSR count). The molecule has 1 amide bonds. The highest BCUT2D eigenvalue weighted by atomic mass is 16.5. The number of hydrogen-bond acceptors (Lipinski definition) is 3. The number of carboxylic acids is 1. The number of aliphatic carboxylic acids is 1. The minimum atomic E-state index is -0.837. The van der Waals surface area contributed by atoms with Crippen molar-refractivity contribution in [2.45, 2.75) is 19.8 Å². The van der Waals surface area contributed by atoms with Crippen molar-refractivity contribution in [2.75, 3.05) is 19.7 Å². The molecule has 1 unspecified atom stereocenters. The normalized spacial score (nSPS) is 18.1. The van der Waals surface area contributed by atoms with E-state index < -0.39 is 11.9 Å². The minimum Gasteiger partial charge on any atom is -0.484 e. The fourth-order valence-electron chi connectivity index (χ4n) is 2.25. The molecule has 0 radical (unpaired) electrons. The Bertz CT molecular complexity index is 483. The molecule has 0 aliphatic carbocycles. The first-order valence-electron chi connectivity index (χ1n) is 6.82. The van der Waals surface area contributed by atoms with E-state index in [2.05, 4.69) is 6.92 Å². The Morgan fingerprint density at radius 1 is 1.35 bits per heavy atom. The molecule has 1 aromatic carbocycles. The molecule has 1 atom stereocenters. The fraction of sp³-hybridized carbons (Fsp3) is 0.467. The molecular formula is C15H19NO4. The van der Waals surface area contributed by atoms with Crippen molar-refractivity contribution >= 4 is 11.9 Å². The van der Waals surface area contributed by atoms with Crippen LogP contribution in [-0.4, -0.2) is 41.6 Å². The summed E-state index contributed by atoms with van der Waals surface area (Å²) in [6.45, 7) is 2.81. The molecule has 1 aliphatic heterocycles. The Hall–Kier alpha value is -2.04. The number of likely N-dealkylation sites (tertiary alicyclic amines) is 1. The van der Waals surface area contributed by atoms with E-state index in [4.69, 9.17) is 9.84 Å². The lowest BCUT2D eigenvalue weighted by molar-refractivity contribution is -0.141. The van der Waals surface area contributed by atoms with Gasteiger partial charge in [-0.2, -0.15) is 0 Å². The number of ether oxygens (including phenoxy) is 1. The van der Waals surface area contributed by atoms with Gasteiger partial charge in [0.2, 0.25) is 0 Å². The van der Waals surface area contributed by atoms with Crippen LogP contribution < -0.4 is 4.74 Å². The van der Waals surface area contributed by atoms with E-state index in [1.165, 1.54) is 5.56 Å². The molecule has 0 saturated carbocycles. The van der Waals surface area contributed by atoms with Gasteiger partial charge in [0.25, 0.3) is 5.91 Å². The van der Waals surface area contributed by atoms with E-state index in [1.807, 2.05) is 24.3 Å². The number of carboxylic acid groups (broad SMARTS) is 1. The zero-order valence-electron chi connectivity index (χ0n) is 11.5. The maximum atomic E-state index is 11.9. The highest BCUT2D eigenvalue weighted by molar-refractivity contribution is 5.80. The molecular weight excluding hydrogens is 258 g/mol. The smallest absolute Gasteiger partial charge is 0.308 e. The van der Waals surface area contributed by atoms with Gasteiger partial charge in [-0.25, -0.2) is 0 Å². The molecule has 20 heavy (non-hydrogen) atoms. The average molecular weight is 277 g/mol. The van der Waals surface area contributed by atoms with Crippen LogP contribution in [0, 0.1) is 5.92 Å². The van der Waals surface area contributed by atoms with Gasteiger partial charge in [0, 0.05) is 13.1 Å². The quantitative estimate of drug-likeness (QED) is 0.887. The molecule has 108 valence electrons. The number of benzene rings is 1. The Morgan fingerprint density at radius 2 is 2.05 bits per heavy atom. The van der Waals surface area contributed by atoms with Crippen LogP contribution in [0.3, 0.4) is 0 Å². The SMILES string of the molecule is CCc1ccc(OCC(=O)N2CCC(C(=O)O)C2)cc1. The highest BCUT2D eigenvalue weighted by Crippen LogP contribution is 2.17. The summed E-state index contributed by atoms with van der Waals surface area (Å²) in [5, 5.41) is 8.90. The van der Waals surface area contributed by atoms with Crippen molar-refractivity contribution < 1.29 is 19.4 Å². The second kappa shape index (κ2) is 6.41. The third kappa shape index (κ3) is 3.50. The van der Waals surface area contributed by atoms with Crippen LogP contribution in [0.1, 0.15) is 18.9 Å². The lowest BCUT2D eigenvalue weighted by Crippen LogP contribution is -2.33. The molecule has 1 fully saturated rings. The molecule has 1 heterocycles. The molecule has 0 bridgehead atoms. The number of nitrogens with zero attached hydrogens (tertiary/aromatic N) is 1. The van der Waals surface area contributed by atoms with Gasteiger partial charge in [0.15, 0.2) is 6.61 Å². The molecule has 1 aromatic rings. The van der Waals surface area contributed by atoms with E-state index in [0.29, 0.717) is 18.7 Å².